The third kappa shape index (κ3) is 4.55. The zero-order valence-corrected chi connectivity index (χ0v) is 11.6. The second kappa shape index (κ2) is 6.76. The SMILES string of the molecule is COC(C)CS(=O)(=O)N1CCN[C@@H](C)C1.Cl. The maximum atomic E-state index is 11.9. The van der Waals surface area contributed by atoms with E-state index in [9.17, 15) is 8.42 Å². The van der Waals surface area contributed by atoms with Gasteiger partial charge in [-0.1, -0.05) is 0 Å². The summed E-state index contributed by atoms with van der Waals surface area (Å²) >= 11 is 0. The van der Waals surface area contributed by atoms with Gasteiger partial charge in [-0.15, -0.1) is 12.4 Å². The molecule has 0 bridgehead atoms. The number of methoxy groups -OCH3 is 1. The molecule has 1 unspecified atom stereocenters. The van der Waals surface area contributed by atoms with E-state index in [1.54, 1.807) is 11.2 Å². The van der Waals surface area contributed by atoms with Gasteiger partial charge in [-0.3, -0.25) is 0 Å². The van der Waals surface area contributed by atoms with Crippen LogP contribution in [-0.4, -0.2) is 57.4 Å². The first-order valence-corrected chi connectivity index (χ1v) is 6.80. The fraction of sp³-hybridized carbons (Fsp3) is 1.00. The predicted molar refractivity (Wildman–Crippen MR) is 66.5 cm³/mol. The highest BCUT2D eigenvalue weighted by atomic mass is 35.5. The normalized spacial score (nSPS) is 24.8. The first-order valence-electron chi connectivity index (χ1n) is 5.19. The number of hydrogen-bond donors (Lipinski definition) is 1. The van der Waals surface area contributed by atoms with Crippen LogP contribution >= 0.6 is 12.4 Å². The Morgan fingerprint density at radius 3 is 2.69 bits per heavy atom. The third-order valence-electron chi connectivity index (χ3n) is 2.57. The lowest BCUT2D eigenvalue weighted by atomic mass is 10.3. The van der Waals surface area contributed by atoms with Crippen molar-refractivity contribution in [3.8, 4) is 0 Å². The van der Waals surface area contributed by atoms with Gasteiger partial charge in [0.2, 0.25) is 10.0 Å². The molecule has 7 heteroatoms. The standard InChI is InChI=1S/C9H20N2O3S.ClH/c1-8-6-11(5-4-10-8)15(12,13)7-9(2)14-3;/h8-10H,4-7H2,1-3H3;1H/t8-,9?;/m0./s1. The largest absolute Gasteiger partial charge is 0.381 e. The van der Waals surface area contributed by atoms with Gasteiger partial charge in [-0.2, -0.15) is 4.31 Å². The van der Waals surface area contributed by atoms with E-state index < -0.39 is 10.0 Å². The summed E-state index contributed by atoms with van der Waals surface area (Å²) in [6, 6.07) is 0.228. The van der Waals surface area contributed by atoms with Crippen LogP contribution in [0.25, 0.3) is 0 Å². The number of ether oxygens (including phenoxy) is 1. The van der Waals surface area contributed by atoms with Crippen molar-refractivity contribution < 1.29 is 13.2 Å². The molecule has 0 aliphatic carbocycles. The molecular formula is C9H21ClN2O3S. The minimum absolute atomic E-state index is 0. The Morgan fingerprint density at radius 1 is 1.56 bits per heavy atom. The highest BCUT2D eigenvalue weighted by molar-refractivity contribution is 7.89. The van der Waals surface area contributed by atoms with Crippen molar-refractivity contribution in [3.63, 3.8) is 0 Å². The van der Waals surface area contributed by atoms with Crippen LogP contribution in [0.15, 0.2) is 0 Å². The van der Waals surface area contributed by atoms with Crippen LogP contribution in [0, 0.1) is 0 Å². The molecule has 0 amide bonds. The molecule has 1 aliphatic rings. The van der Waals surface area contributed by atoms with E-state index >= 15 is 0 Å². The number of halogens is 1. The number of hydrogen-bond acceptors (Lipinski definition) is 4. The molecule has 98 valence electrons. The van der Waals surface area contributed by atoms with E-state index in [2.05, 4.69) is 5.32 Å². The minimum Gasteiger partial charge on any atom is -0.381 e. The molecule has 1 saturated heterocycles. The quantitative estimate of drug-likeness (QED) is 0.787. The molecule has 0 radical (unpaired) electrons. The molecule has 0 aromatic rings. The second-order valence-corrected chi connectivity index (χ2v) is 6.05. The van der Waals surface area contributed by atoms with E-state index in [4.69, 9.17) is 4.74 Å². The average Bonchev–Trinajstić information content (AvgIpc) is 2.17. The maximum Gasteiger partial charge on any atom is 0.216 e. The smallest absolute Gasteiger partial charge is 0.216 e. The molecule has 0 aromatic heterocycles. The van der Waals surface area contributed by atoms with Crippen LogP contribution in [0.5, 0.6) is 0 Å². The number of sulfonamides is 1. The molecule has 1 heterocycles. The monoisotopic (exact) mass is 272 g/mol. The Kier molecular flexibility index (Phi) is 6.81. The number of piperazine rings is 1. The fourth-order valence-electron chi connectivity index (χ4n) is 1.62. The topological polar surface area (TPSA) is 58.6 Å². The van der Waals surface area contributed by atoms with Gasteiger partial charge >= 0.3 is 0 Å². The van der Waals surface area contributed by atoms with Crippen molar-refractivity contribution in [3.05, 3.63) is 0 Å². The second-order valence-electron chi connectivity index (χ2n) is 4.04. The third-order valence-corrected chi connectivity index (χ3v) is 4.58. The van der Waals surface area contributed by atoms with E-state index in [-0.39, 0.29) is 30.3 Å². The van der Waals surface area contributed by atoms with Crippen LogP contribution in [0.3, 0.4) is 0 Å². The lowest BCUT2D eigenvalue weighted by molar-refractivity contribution is 0.134. The zero-order valence-electron chi connectivity index (χ0n) is 9.97. The van der Waals surface area contributed by atoms with E-state index in [0.29, 0.717) is 13.1 Å². The van der Waals surface area contributed by atoms with Crippen LogP contribution in [0.1, 0.15) is 13.8 Å². The Bertz CT molecular complexity index is 297. The molecule has 1 fully saturated rings. The van der Waals surface area contributed by atoms with Gasteiger partial charge in [0.1, 0.15) is 0 Å². The van der Waals surface area contributed by atoms with Gasteiger partial charge in [0.05, 0.1) is 11.9 Å². The van der Waals surface area contributed by atoms with E-state index in [1.807, 2.05) is 6.92 Å². The van der Waals surface area contributed by atoms with Crippen LogP contribution < -0.4 is 5.32 Å². The van der Waals surface area contributed by atoms with Crippen molar-refractivity contribution in [1.82, 2.24) is 9.62 Å². The zero-order chi connectivity index (χ0) is 11.5. The first kappa shape index (κ1) is 16.1. The van der Waals surface area contributed by atoms with Gasteiger partial charge in [0.15, 0.2) is 0 Å². The highest BCUT2D eigenvalue weighted by Crippen LogP contribution is 2.08. The molecule has 0 saturated carbocycles. The van der Waals surface area contributed by atoms with Gasteiger partial charge in [0, 0.05) is 32.8 Å². The predicted octanol–water partition coefficient (Wildman–Crippen LogP) is 0.0666. The molecule has 16 heavy (non-hydrogen) atoms. The van der Waals surface area contributed by atoms with Crippen LogP contribution in [-0.2, 0) is 14.8 Å². The van der Waals surface area contributed by atoms with Crippen molar-refractivity contribution >= 4 is 22.4 Å². The molecule has 2 atom stereocenters. The Labute approximate surface area is 104 Å². The average molecular weight is 273 g/mol. The molecule has 0 spiro atoms. The van der Waals surface area contributed by atoms with Crippen LogP contribution in [0.4, 0.5) is 0 Å². The molecule has 5 nitrogen and oxygen atoms in total. The lowest BCUT2D eigenvalue weighted by Gasteiger charge is -2.31. The van der Waals surface area contributed by atoms with Crippen molar-refractivity contribution in [2.75, 3.05) is 32.5 Å². The van der Waals surface area contributed by atoms with E-state index in [1.165, 1.54) is 7.11 Å². The highest BCUT2D eigenvalue weighted by Gasteiger charge is 2.28. The first-order chi connectivity index (χ1) is 6.95. The van der Waals surface area contributed by atoms with Crippen molar-refractivity contribution in [2.24, 2.45) is 0 Å². The number of nitrogens with zero attached hydrogens (tertiary/aromatic N) is 1. The maximum absolute atomic E-state index is 11.9. The fourth-order valence-corrected chi connectivity index (χ4v) is 3.38. The summed E-state index contributed by atoms with van der Waals surface area (Å²) in [6.45, 7) is 5.59. The van der Waals surface area contributed by atoms with Gasteiger partial charge < -0.3 is 10.1 Å². The van der Waals surface area contributed by atoms with Crippen LogP contribution in [0.2, 0.25) is 0 Å². The lowest BCUT2D eigenvalue weighted by Crippen LogP contribution is -2.52. The summed E-state index contributed by atoms with van der Waals surface area (Å²) in [7, 11) is -1.63. The molecule has 1 aliphatic heterocycles. The van der Waals surface area contributed by atoms with Gasteiger partial charge in [-0.25, -0.2) is 8.42 Å². The summed E-state index contributed by atoms with van der Waals surface area (Å²) < 4.78 is 30.4. The number of nitrogens with one attached hydrogen (secondary N) is 1. The van der Waals surface area contributed by atoms with E-state index in [0.717, 1.165) is 6.54 Å². The summed E-state index contributed by atoms with van der Waals surface area (Å²) in [5, 5.41) is 3.21. The Hall–Kier alpha value is 0.120. The van der Waals surface area contributed by atoms with Gasteiger partial charge in [-0.05, 0) is 13.8 Å². The summed E-state index contributed by atoms with van der Waals surface area (Å²) in [6.07, 6.45) is -0.250. The summed E-state index contributed by atoms with van der Waals surface area (Å²) in [5.41, 5.74) is 0. The Balaban J connectivity index is 0.00000225. The van der Waals surface area contributed by atoms with Gasteiger partial charge in [0.25, 0.3) is 0 Å². The van der Waals surface area contributed by atoms with Crippen molar-refractivity contribution in [2.45, 2.75) is 26.0 Å². The summed E-state index contributed by atoms with van der Waals surface area (Å²) in [5.74, 6) is 0.0657. The molecule has 1 N–H and O–H groups in total. The molecule has 1 rings (SSSR count). The minimum atomic E-state index is -3.16. The summed E-state index contributed by atoms with van der Waals surface area (Å²) in [4.78, 5) is 0. The molecular weight excluding hydrogens is 252 g/mol. The van der Waals surface area contributed by atoms with Crippen molar-refractivity contribution in [1.29, 1.82) is 0 Å². The number of rotatable bonds is 4. The Morgan fingerprint density at radius 2 is 2.19 bits per heavy atom. The molecule has 0 aromatic carbocycles.